The summed E-state index contributed by atoms with van der Waals surface area (Å²) in [6.45, 7) is 2.32. The summed E-state index contributed by atoms with van der Waals surface area (Å²) in [6, 6.07) is 8.63. The number of nitrogens with one attached hydrogen (secondary N) is 1. The number of aromatic nitrogens is 2. The first-order chi connectivity index (χ1) is 11.8. The van der Waals surface area contributed by atoms with Crippen molar-refractivity contribution in [2.75, 3.05) is 13.2 Å². The maximum absolute atomic E-state index is 12.4. The van der Waals surface area contributed by atoms with Crippen molar-refractivity contribution >= 4 is 0 Å². The maximum Gasteiger partial charge on any atom is 0.251 e. The van der Waals surface area contributed by atoms with Gasteiger partial charge in [-0.05, 0) is 48.9 Å². The monoisotopic (exact) mass is 325 g/mol. The first-order valence-corrected chi connectivity index (χ1v) is 8.74. The Morgan fingerprint density at radius 3 is 2.83 bits per heavy atom. The highest BCUT2D eigenvalue weighted by atomic mass is 16.5. The van der Waals surface area contributed by atoms with Crippen molar-refractivity contribution in [3.63, 3.8) is 0 Å². The second-order valence-corrected chi connectivity index (χ2v) is 6.75. The van der Waals surface area contributed by atoms with E-state index in [1.54, 1.807) is 18.5 Å². The topological polar surface area (TPSA) is 56.2 Å². The number of rotatable bonds is 4. The molecule has 4 rings (SSSR count). The van der Waals surface area contributed by atoms with E-state index in [1.165, 1.54) is 11.3 Å². The molecule has 0 radical (unpaired) electrons. The molecular weight excluding hydrogens is 302 g/mol. The van der Waals surface area contributed by atoms with E-state index in [1.807, 2.05) is 22.8 Å². The molecule has 0 bridgehead atoms. The zero-order chi connectivity index (χ0) is 16.4. The lowest BCUT2D eigenvalue weighted by Gasteiger charge is -2.29. The van der Waals surface area contributed by atoms with E-state index in [9.17, 15) is 4.79 Å². The van der Waals surface area contributed by atoms with Gasteiger partial charge in [-0.15, -0.1) is 0 Å². The minimum atomic E-state index is 0.0844. The first-order valence-electron chi connectivity index (χ1n) is 8.74. The van der Waals surface area contributed by atoms with Crippen molar-refractivity contribution in [1.82, 2.24) is 14.9 Å². The molecule has 0 unspecified atom stereocenters. The van der Waals surface area contributed by atoms with Gasteiger partial charge in [0.2, 0.25) is 0 Å². The van der Waals surface area contributed by atoms with Crippen LogP contribution in [0.2, 0.25) is 0 Å². The number of fused-ring (bicyclic) bond motifs is 1. The van der Waals surface area contributed by atoms with Crippen molar-refractivity contribution in [3.05, 3.63) is 63.8 Å². The molecule has 0 saturated carbocycles. The van der Waals surface area contributed by atoms with Gasteiger partial charge < -0.3 is 14.6 Å². The van der Waals surface area contributed by atoms with Gasteiger partial charge in [-0.2, -0.15) is 0 Å². The van der Waals surface area contributed by atoms with Crippen LogP contribution in [0.25, 0.3) is 0 Å². The van der Waals surface area contributed by atoms with E-state index in [-0.39, 0.29) is 5.56 Å². The fourth-order valence-corrected chi connectivity index (χ4v) is 3.81. The Morgan fingerprint density at radius 1 is 1.17 bits per heavy atom. The number of hydrogen-bond acceptors (Lipinski definition) is 4. The highest BCUT2D eigenvalue weighted by Gasteiger charge is 2.25. The molecule has 24 heavy (non-hydrogen) atoms. The molecule has 1 fully saturated rings. The van der Waals surface area contributed by atoms with Crippen LogP contribution in [0.1, 0.15) is 29.7 Å². The van der Waals surface area contributed by atoms with Gasteiger partial charge in [0.25, 0.3) is 5.56 Å². The minimum absolute atomic E-state index is 0.0844. The summed E-state index contributed by atoms with van der Waals surface area (Å²) in [7, 11) is 0. The maximum atomic E-state index is 12.4. The lowest BCUT2D eigenvalue weighted by atomic mass is 9.90. The van der Waals surface area contributed by atoms with Crippen molar-refractivity contribution < 1.29 is 4.74 Å². The number of ether oxygens (including phenoxy) is 1. The van der Waals surface area contributed by atoms with Crippen molar-refractivity contribution in [2.45, 2.75) is 44.3 Å². The van der Waals surface area contributed by atoms with Crippen LogP contribution in [0, 0.1) is 0 Å². The molecule has 2 aromatic heterocycles. The molecule has 2 aliphatic rings. The predicted octanol–water partition coefficient (Wildman–Crippen LogP) is 1.53. The van der Waals surface area contributed by atoms with Crippen LogP contribution in [0.4, 0.5) is 0 Å². The molecular formula is C19H23N3O2. The van der Waals surface area contributed by atoms with Gasteiger partial charge in [-0.1, -0.05) is 6.07 Å². The molecule has 3 heterocycles. The minimum Gasteiger partial charge on any atom is -0.380 e. The Bertz CT molecular complexity index is 751. The third-order valence-electron chi connectivity index (χ3n) is 5.08. The lowest BCUT2D eigenvalue weighted by Crippen LogP contribution is -2.43. The third-order valence-corrected chi connectivity index (χ3v) is 5.08. The predicted molar refractivity (Wildman–Crippen MR) is 92.2 cm³/mol. The van der Waals surface area contributed by atoms with E-state index < -0.39 is 0 Å². The van der Waals surface area contributed by atoms with Gasteiger partial charge in [-0.3, -0.25) is 9.78 Å². The fraction of sp³-hybridized carbons (Fsp3) is 0.474. The summed E-state index contributed by atoms with van der Waals surface area (Å²) in [4.78, 5) is 16.4. The Balaban J connectivity index is 1.54. The van der Waals surface area contributed by atoms with E-state index in [4.69, 9.17) is 4.74 Å². The molecule has 1 saturated heterocycles. The zero-order valence-electron chi connectivity index (χ0n) is 13.8. The van der Waals surface area contributed by atoms with Crippen molar-refractivity contribution in [1.29, 1.82) is 0 Å². The average Bonchev–Trinajstić information content (AvgIpc) is 3.11. The van der Waals surface area contributed by atoms with Gasteiger partial charge in [0.1, 0.15) is 0 Å². The Kier molecular flexibility index (Phi) is 4.45. The summed E-state index contributed by atoms with van der Waals surface area (Å²) in [5.74, 6) is 0. The second-order valence-electron chi connectivity index (χ2n) is 6.75. The standard InChI is InChI=1S/C19H23N3O2/c23-19-4-1-15-11-16(21-17-7-10-24-13-17)2-3-18(15)22(19)12-14-5-8-20-9-6-14/h1,4-6,8-9,16-17,21H,2-3,7,10-13H2/t16-,17-/m1/s1. The van der Waals surface area contributed by atoms with Crippen LogP contribution in [0.5, 0.6) is 0 Å². The molecule has 1 aliphatic carbocycles. The molecule has 1 N–H and O–H groups in total. The number of pyridine rings is 2. The van der Waals surface area contributed by atoms with E-state index in [0.29, 0.717) is 18.6 Å². The van der Waals surface area contributed by atoms with Crippen molar-refractivity contribution in [3.8, 4) is 0 Å². The highest BCUT2D eigenvalue weighted by molar-refractivity contribution is 5.27. The SMILES string of the molecule is O=c1ccc2c(n1Cc1ccncc1)CC[C@@H](N[C@@H]1CCOC1)C2. The van der Waals surface area contributed by atoms with Crippen LogP contribution < -0.4 is 10.9 Å². The quantitative estimate of drug-likeness (QED) is 0.926. The Morgan fingerprint density at radius 2 is 2.04 bits per heavy atom. The largest absolute Gasteiger partial charge is 0.380 e. The zero-order valence-corrected chi connectivity index (χ0v) is 13.8. The summed E-state index contributed by atoms with van der Waals surface area (Å²) in [5, 5.41) is 3.72. The smallest absolute Gasteiger partial charge is 0.251 e. The van der Waals surface area contributed by atoms with E-state index in [2.05, 4.69) is 10.3 Å². The lowest BCUT2D eigenvalue weighted by molar-refractivity contribution is 0.187. The van der Waals surface area contributed by atoms with Crippen LogP contribution in [0.15, 0.2) is 41.5 Å². The second kappa shape index (κ2) is 6.87. The molecule has 0 amide bonds. The molecule has 5 nitrogen and oxygen atoms in total. The normalized spacial score (nSPS) is 23.2. The molecule has 0 aromatic carbocycles. The van der Waals surface area contributed by atoms with Crippen LogP contribution in [-0.4, -0.2) is 34.8 Å². The van der Waals surface area contributed by atoms with Gasteiger partial charge in [0.05, 0.1) is 13.2 Å². The van der Waals surface area contributed by atoms with Gasteiger partial charge in [0, 0.05) is 42.8 Å². The van der Waals surface area contributed by atoms with Gasteiger partial charge in [0.15, 0.2) is 0 Å². The summed E-state index contributed by atoms with van der Waals surface area (Å²) < 4.78 is 7.39. The molecule has 2 aromatic rings. The number of nitrogens with zero attached hydrogens (tertiary/aromatic N) is 2. The van der Waals surface area contributed by atoms with Gasteiger partial charge >= 0.3 is 0 Å². The Hall–Kier alpha value is -1.98. The summed E-state index contributed by atoms with van der Waals surface area (Å²) in [5.41, 5.74) is 3.69. The average molecular weight is 325 g/mol. The van der Waals surface area contributed by atoms with E-state index >= 15 is 0 Å². The molecule has 0 spiro atoms. The van der Waals surface area contributed by atoms with Gasteiger partial charge in [-0.25, -0.2) is 0 Å². The van der Waals surface area contributed by atoms with Crippen LogP contribution >= 0.6 is 0 Å². The fourth-order valence-electron chi connectivity index (χ4n) is 3.81. The third kappa shape index (κ3) is 3.28. The first kappa shape index (κ1) is 15.5. The highest BCUT2D eigenvalue weighted by Crippen LogP contribution is 2.22. The van der Waals surface area contributed by atoms with E-state index in [0.717, 1.165) is 44.5 Å². The Labute approximate surface area is 141 Å². The number of hydrogen-bond donors (Lipinski definition) is 1. The summed E-state index contributed by atoms with van der Waals surface area (Å²) in [6.07, 6.45) is 7.66. The molecule has 5 heteroatoms. The molecule has 126 valence electrons. The van der Waals surface area contributed by atoms with Crippen LogP contribution in [0.3, 0.4) is 0 Å². The molecule has 1 aliphatic heterocycles. The molecule has 2 atom stereocenters. The summed E-state index contributed by atoms with van der Waals surface area (Å²) >= 11 is 0. The van der Waals surface area contributed by atoms with Crippen LogP contribution in [-0.2, 0) is 24.1 Å². The van der Waals surface area contributed by atoms with Crippen molar-refractivity contribution in [2.24, 2.45) is 0 Å².